The molecule has 1 aliphatic rings. The number of amides is 3. The normalized spacial score (nSPS) is 12.7. The van der Waals surface area contributed by atoms with Crippen LogP contribution in [0.5, 0.6) is 0 Å². The Morgan fingerprint density at radius 2 is 1.80 bits per heavy atom. The maximum absolute atomic E-state index is 12.5. The van der Waals surface area contributed by atoms with Gasteiger partial charge in [0.05, 0.1) is 22.6 Å². The molecule has 1 aliphatic heterocycles. The van der Waals surface area contributed by atoms with Crippen LogP contribution in [0.1, 0.15) is 41.1 Å². The van der Waals surface area contributed by atoms with Gasteiger partial charge in [-0.2, -0.15) is 0 Å². The van der Waals surface area contributed by atoms with E-state index in [9.17, 15) is 24.5 Å². The van der Waals surface area contributed by atoms with Crippen molar-refractivity contribution in [2.45, 2.75) is 13.1 Å². The van der Waals surface area contributed by atoms with E-state index >= 15 is 0 Å². The number of nitrogens with one attached hydrogen (secondary N) is 1. The Kier molecular flexibility index (Phi) is 5.02. The van der Waals surface area contributed by atoms with Crippen LogP contribution < -0.4 is 5.32 Å². The van der Waals surface area contributed by atoms with Crippen LogP contribution in [0.4, 0.5) is 5.69 Å². The Labute approximate surface area is 173 Å². The van der Waals surface area contributed by atoms with Crippen molar-refractivity contribution >= 4 is 34.7 Å². The van der Waals surface area contributed by atoms with E-state index in [2.05, 4.69) is 15.5 Å². The molecule has 0 aliphatic carbocycles. The third-order valence-corrected chi connectivity index (χ3v) is 5.32. The minimum absolute atomic E-state index is 0.0282. The predicted octanol–water partition coefficient (Wildman–Crippen LogP) is 2.17. The van der Waals surface area contributed by atoms with Crippen molar-refractivity contribution in [1.29, 1.82) is 0 Å². The van der Waals surface area contributed by atoms with Gasteiger partial charge in [-0.25, -0.2) is 0 Å². The second kappa shape index (κ2) is 7.79. The van der Waals surface area contributed by atoms with Crippen LogP contribution in [-0.2, 0) is 13.1 Å². The average molecular weight is 423 g/mol. The lowest BCUT2D eigenvalue weighted by Gasteiger charge is -2.10. The Hall–Kier alpha value is -3.99. The van der Waals surface area contributed by atoms with E-state index in [4.69, 9.17) is 0 Å². The number of nitro benzene ring substituents is 1. The summed E-state index contributed by atoms with van der Waals surface area (Å²) in [6.07, 6.45) is 0. The number of imide groups is 1. The molecule has 0 unspecified atom stereocenters. The number of benzene rings is 2. The first-order valence-electron chi connectivity index (χ1n) is 8.73. The van der Waals surface area contributed by atoms with Gasteiger partial charge < -0.3 is 5.32 Å². The molecule has 2 heterocycles. The predicted molar refractivity (Wildman–Crippen MR) is 105 cm³/mol. The standard InChI is InChI=1S/C19H13N5O5S/c25-16(20-9-11-4-2-1-3-5-11)17-22-21-15(30-17)10-23-18(26)13-7-6-12(24(28)29)8-14(13)19(23)27/h1-8H,9-10H2,(H,20,25). The summed E-state index contributed by atoms with van der Waals surface area (Å²) in [7, 11) is 0. The first-order valence-corrected chi connectivity index (χ1v) is 9.55. The summed E-state index contributed by atoms with van der Waals surface area (Å²) in [5.74, 6) is -1.64. The number of nitrogens with zero attached hydrogens (tertiary/aromatic N) is 4. The largest absolute Gasteiger partial charge is 0.346 e. The fourth-order valence-electron chi connectivity index (χ4n) is 2.93. The number of rotatable bonds is 6. The first kappa shape index (κ1) is 19.3. The number of carbonyl (C=O) groups excluding carboxylic acids is 3. The molecule has 0 spiro atoms. The molecule has 0 saturated carbocycles. The molecule has 0 bridgehead atoms. The number of fused-ring (bicyclic) bond motifs is 1. The molecule has 0 saturated heterocycles. The van der Waals surface area contributed by atoms with Crippen molar-refractivity contribution in [3.8, 4) is 0 Å². The van der Waals surface area contributed by atoms with E-state index in [0.29, 0.717) is 11.6 Å². The zero-order chi connectivity index (χ0) is 21.3. The average Bonchev–Trinajstić information content (AvgIpc) is 3.32. The third kappa shape index (κ3) is 3.65. The van der Waals surface area contributed by atoms with Gasteiger partial charge in [-0.15, -0.1) is 10.2 Å². The Morgan fingerprint density at radius 1 is 1.07 bits per heavy atom. The summed E-state index contributed by atoms with van der Waals surface area (Å²) < 4.78 is 0. The van der Waals surface area contributed by atoms with Gasteiger partial charge in [-0.3, -0.25) is 29.4 Å². The monoisotopic (exact) mass is 423 g/mol. The molecule has 30 heavy (non-hydrogen) atoms. The van der Waals surface area contributed by atoms with Crippen molar-refractivity contribution in [3.05, 3.63) is 85.4 Å². The van der Waals surface area contributed by atoms with Gasteiger partial charge in [-0.1, -0.05) is 41.7 Å². The minimum Gasteiger partial charge on any atom is -0.346 e. The molecule has 3 amide bonds. The van der Waals surface area contributed by atoms with Crippen LogP contribution in [-0.4, -0.2) is 37.7 Å². The molecule has 2 aromatic carbocycles. The van der Waals surface area contributed by atoms with Gasteiger partial charge in [0, 0.05) is 18.7 Å². The lowest BCUT2D eigenvalue weighted by atomic mass is 10.1. The number of hydrogen-bond donors (Lipinski definition) is 1. The van der Waals surface area contributed by atoms with Crippen molar-refractivity contribution in [1.82, 2.24) is 20.4 Å². The van der Waals surface area contributed by atoms with Gasteiger partial charge in [-0.05, 0) is 11.6 Å². The molecule has 0 atom stereocenters. The van der Waals surface area contributed by atoms with Crippen molar-refractivity contribution in [2.75, 3.05) is 0 Å². The summed E-state index contributed by atoms with van der Waals surface area (Å²) in [5.41, 5.74) is 0.719. The highest BCUT2D eigenvalue weighted by atomic mass is 32.1. The highest BCUT2D eigenvalue weighted by molar-refractivity contribution is 7.13. The smallest absolute Gasteiger partial charge is 0.282 e. The first-order chi connectivity index (χ1) is 14.4. The van der Waals surface area contributed by atoms with E-state index in [0.717, 1.165) is 27.9 Å². The Bertz CT molecular complexity index is 1180. The molecule has 1 N–H and O–H groups in total. The molecule has 11 heteroatoms. The second-order valence-electron chi connectivity index (χ2n) is 6.35. The van der Waals surface area contributed by atoms with Crippen LogP contribution in [0.2, 0.25) is 0 Å². The van der Waals surface area contributed by atoms with E-state index in [1.807, 2.05) is 30.3 Å². The number of non-ortho nitro benzene ring substituents is 1. The third-order valence-electron chi connectivity index (χ3n) is 4.42. The molecule has 150 valence electrons. The van der Waals surface area contributed by atoms with Crippen molar-refractivity contribution in [3.63, 3.8) is 0 Å². The molecule has 0 radical (unpaired) electrons. The molecule has 3 aromatic rings. The Balaban J connectivity index is 1.44. The maximum atomic E-state index is 12.5. The zero-order valence-corrected chi connectivity index (χ0v) is 16.1. The maximum Gasteiger partial charge on any atom is 0.282 e. The molecular formula is C19H13N5O5S. The van der Waals surface area contributed by atoms with Crippen molar-refractivity contribution in [2.24, 2.45) is 0 Å². The fraction of sp³-hybridized carbons (Fsp3) is 0.105. The van der Waals surface area contributed by atoms with E-state index in [1.165, 1.54) is 12.1 Å². The number of hydrogen-bond acceptors (Lipinski definition) is 8. The van der Waals surface area contributed by atoms with Gasteiger partial charge in [0.2, 0.25) is 5.01 Å². The van der Waals surface area contributed by atoms with Crippen LogP contribution >= 0.6 is 11.3 Å². The second-order valence-corrected chi connectivity index (χ2v) is 7.41. The number of aromatic nitrogens is 2. The van der Waals surface area contributed by atoms with Gasteiger partial charge in [0.25, 0.3) is 23.4 Å². The molecular weight excluding hydrogens is 410 g/mol. The summed E-state index contributed by atoms with van der Waals surface area (Å²) in [5, 5.41) is 21.8. The van der Waals surface area contributed by atoms with E-state index in [1.54, 1.807) is 0 Å². The minimum atomic E-state index is -0.649. The van der Waals surface area contributed by atoms with Crippen LogP contribution in [0.25, 0.3) is 0 Å². The SMILES string of the molecule is O=C(NCc1ccccc1)c1nnc(CN2C(=O)c3ccc([N+](=O)[O-])cc3C2=O)s1. The Morgan fingerprint density at radius 3 is 2.53 bits per heavy atom. The fourth-order valence-corrected chi connectivity index (χ4v) is 3.68. The number of nitro groups is 1. The topological polar surface area (TPSA) is 135 Å². The molecule has 1 aromatic heterocycles. The number of carbonyl (C=O) groups is 3. The lowest BCUT2D eigenvalue weighted by molar-refractivity contribution is -0.384. The van der Waals surface area contributed by atoms with Gasteiger partial charge >= 0.3 is 0 Å². The summed E-state index contributed by atoms with van der Waals surface area (Å²) >= 11 is 0.965. The van der Waals surface area contributed by atoms with Crippen molar-refractivity contribution < 1.29 is 19.3 Å². The summed E-state index contributed by atoms with van der Waals surface area (Å²) in [6.45, 7) is 0.148. The molecule has 0 fully saturated rings. The van der Waals surface area contributed by atoms with Crippen LogP contribution in [0.3, 0.4) is 0 Å². The van der Waals surface area contributed by atoms with E-state index in [-0.39, 0.29) is 28.4 Å². The van der Waals surface area contributed by atoms with E-state index < -0.39 is 22.6 Å². The quantitative estimate of drug-likeness (QED) is 0.365. The van der Waals surface area contributed by atoms with Gasteiger partial charge in [0.15, 0.2) is 0 Å². The van der Waals surface area contributed by atoms with Crippen LogP contribution in [0, 0.1) is 10.1 Å². The highest BCUT2D eigenvalue weighted by Crippen LogP contribution is 2.28. The highest BCUT2D eigenvalue weighted by Gasteiger charge is 2.37. The zero-order valence-electron chi connectivity index (χ0n) is 15.3. The lowest BCUT2D eigenvalue weighted by Crippen LogP contribution is -2.29. The molecule has 10 nitrogen and oxygen atoms in total. The summed E-state index contributed by atoms with van der Waals surface area (Å²) in [4.78, 5) is 48.5. The molecule has 4 rings (SSSR count). The van der Waals surface area contributed by atoms with Gasteiger partial charge in [0.1, 0.15) is 5.01 Å². The summed E-state index contributed by atoms with van der Waals surface area (Å²) in [6, 6.07) is 12.9. The van der Waals surface area contributed by atoms with Crippen LogP contribution in [0.15, 0.2) is 48.5 Å².